The van der Waals surface area contributed by atoms with E-state index in [0.29, 0.717) is 12.5 Å². The molecule has 1 aliphatic rings. The molecule has 1 aliphatic heterocycles. The number of nitrogen functional groups attached to an aromatic ring is 1. The lowest BCUT2D eigenvalue weighted by atomic mass is 10.1. The summed E-state index contributed by atoms with van der Waals surface area (Å²) >= 11 is 0. The van der Waals surface area contributed by atoms with Crippen LogP contribution in [0.5, 0.6) is 5.75 Å². The first-order valence-electron chi connectivity index (χ1n) is 6.63. The van der Waals surface area contributed by atoms with Crippen LogP contribution < -0.4 is 15.4 Å². The molecule has 0 spiro atoms. The Labute approximate surface area is 108 Å². The number of rotatable bonds is 5. The average Bonchev–Trinajstić information content (AvgIpc) is 2.81. The molecule has 0 amide bonds. The molecule has 1 unspecified atom stereocenters. The number of ether oxygens (including phenoxy) is 1. The summed E-state index contributed by atoms with van der Waals surface area (Å²) in [5.74, 6) is 1.34. The molecule has 18 heavy (non-hydrogen) atoms. The minimum atomic E-state index is 0.271. The molecule has 0 radical (unpaired) electrons. The first-order chi connectivity index (χ1) is 8.76. The molecule has 100 valence electrons. The van der Waals surface area contributed by atoms with Gasteiger partial charge in [-0.2, -0.15) is 0 Å². The third-order valence-corrected chi connectivity index (χ3v) is 3.51. The Morgan fingerprint density at radius 2 is 2.33 bits per heavy atom. The number of nitrogens with zero attached hydrogens (tertiary/aromatic N) is 1. The van der Waals surface area contributed by atoms with Gasteiger partial charge < -0.3 is 20.5 Å². The van der Waals surface area contributed by atoms with Crippen LogP contribution in [0.1, 0.15) is 19.8 Å². The Kier molecular flexibility index (Phi) is 4.31. The van der Waals surface area contributed by atoms with Crippen molar-refractivity contribution in [1.29, 1.82) is 0 Å². The van der Waals surface area contributed by atoms with Crippen molar-refractivity contribution in [1.82, 2.24) is 0 Å². The summed E-state index contributed by atoms with van der Waals surface area (Å²) in [6.07, 6.45) is 2.00. The Hall–Kier alpha value is -1.42. The first-order valence-corrected chi connectivity index (χ1v) is 6.63. The van der Waals surface area contributed by atoms with Crippen LogP contribution in [0.3, 0.4) is 0 Å². The third-order valence-electron chi connectivity index (χ3n) is 3.51. The highest BCUT2D eigenvalue weighted by atomic mass is 16.5. The largest absolute Gasteiger partial charge is 0.492 e. The van der Waals surface area contributed by atoms with Crippen LogP contribution in [0.2, 0.25) is 0 Å². The number of anilines is 2. The van der Waals surface area contributed by atoms with Crippen LogP contribution in [0.4, 0.5) is 11.4 Å². The number of aliphatic hydroxyl groups is 1. The van der Waals surface area contributed by atoms with Gasteiger partial charge in [-0.1, -0.05) is 6.07 Å². The standard InChI is InChI=1S/C14H22N2O2/c1-2-18-13-5-3-4-12(14(13)15)16-8-6-11(10-16)7-9-17/h3-5,11,17H,2,6-10,15H2,1H3. The number of nitrogens with two attached hydrogens (primary N) is 1. The quantitative estimate of drug-likeness (QED) is 0.783. The maximum atomic E-state index is 8.99. The second-order valence-electron chi connectivity index (χ2n) is 4.73. The van der Waals surface area contributed by atoms with E-state index in [9.17, 15) is 0 Å². The van der Waals surface area contributed by atoms with E-state index in [1.807, 2.05) is 25.1 Å². The van der Waals surface area contributed by atoms with E-state index in [2.05, 4.69) is 4.90 Å². The number of benzene rings is 1. The lowest BCUT2D eigenvalue weighted by molar-refractivity contribution is 0.263. The minimum Gasteiger partial charge on any atom is -0.492 e. The monoisotopic (exact) mass is 250 g/mol. The lowest BCUT2D eigenvalue weighted by Gasteiger charge is -2.22. The Balaban J connectivity index is 2.12. The zero-order chi connectivity index (χ0) is 13.0. The van der Waals surface area contributed by atoms with E-state index in [1.54, 1.807) is 0 Å². The third kappa shape index (κ3) is 2.70. The fourth-order valence-corrected chi connectivity index (χ4v) is 2.56. The zero-order valence-corrected chi connectivity index (χ0v) is 10.9. The van der Waals surface area contributed by atoms with Gasteiger partial charge in [0.15, 0.2) is 0 Å². The number of aliphatic hydroxyl groups excluding tert-OH is 1. The molecule has 1 fully saturated rings. The van der Waals surface area contributed by atoms with Crippen molar-refractivity contribution in [3.8, 4) is 5.75 Å². The fourth-order valence-electron chi connectivity index (χ4n) is 2.56. The molecule has 0 aliphatic carbocycles. The molecule has 1 heterocycles. The highest BCUT2D eigenvalue weighted by molar-refractivity contribution is 5.74. The second-order valence-corrected chi connectivity index (χ2v) is 4.73. The van der Waals surface area contributed by atoms with Gasteiger partial charge in [-0.3, -0.25) is 0 Å². The van der Waals surface area contributed by atoms with Crippen molar-refractivity contribution in [2.24, 2.45) is 5.92 Å². The van der Waals surface area contributed by atoms with E-state index in [-0.39, 0.29) is 6.61 Å². The summed E-state index contributed by atoms with van der Waals surface area (Å²) in [6.45, 7) is 4.83. The maximum absolute atomic E-state index is 8.99. The van der Waals surface area contributed by atoms with Crippen LogP contribution in [0.15, 0.2) is 18.2 Å². The van der Waals surface area contributed by atoms with Crippen LogP contribution in [-0.2, 0) is 0 Å². The van der Waals surface area contributed by atoms with E-state index in [0.717, 1.165) is 43.1 Å². The summed E-state index contributed by atoms with van der Waals surface area (Å²) in [7, 11) is 0. The zero-order valence-electron chi connectivity index (χ0n) is 10.9. The van der Waals surface area contributed by atoms with Crippen LogP contribution in [-0.4, -0.2) is 31.4 Å². The van der Waals surface area contributed by atoms with Crippen LogP contribution >= 0.6 is 0 Å². The molecule has 4 heteroatoms. The molecular formula is C14H22N2O2. The topological polar surface area (TPSA) is 58.7 Å². The predicted molar refractivity (Wildman–Crippen MR) is 74.0 cm³/mol. The van der Waals surface area contributed by atoms with Crippen LogP contribution in [0, 0.1) is 5.92 Å². The SMILES string of the molecule is CCOc1cccc(N2CCC(CCO)C2)c1N. The van der Waals surface area contributed by atoms with Gasteiger partial charge in [-0.25, -0.2) is 0 Å². The molecule has 1 aromatic rings. The van der Waals surface area contributed by atoms with Gasteiger partial charge in [0.2, 0.25) is 0 Å². The summed E-state index contributed by atoms with van der Waals surface area (Å²) in [5.41, 5.74) is 7.94. The highest BCUT2D eigenvalue weighted by Gasteiger charge is 2.24. The molecule has 0 bridgehead atoms. The summed E-state index contributed by atoms with van der Waals surface area (Å²) in [6, 6.07) is 5.93. The van der Waals surface area contributed by atoms with Gasteiger partial charge in [-0.15, -0.1) is 0 Å². The minimum absolute atomic E-state index is 0.271. The molecule has 3 N–H and O–H groups in total. The molecule has 1 saturated heterocycles. The Bertz CT molecular complexity index is 395. The maximum Gasteiger partial charge on any atom is 0.144 e. The normalized spacial score (nSPS) is 19.2. The molecule has 0 aromatic heterocycles. The van der Waals surface area contributed by atoms with Crippen LogP contribution in [0.25, 0.3) is 0 Å². The van der Waals surface area contributed by atoms with Gasteiger partial charge in [0.25, 0.3) is 0 Å². The van der Waals surface area contributed by atoms with E-state index in [1.165, 1.54) is 0 Å². The lowest BCUT2D eigenvalue weighted by Crippen LogP contribution is -2.21. The van der Waals surface area contributed by atoms with Crippen molar-refractivity contribution >= 4 is 11.4 Å². The van der Waals surface area contributed by atoms with Gasteiger partial charge in [0.1, 0.15) is 5.75 Å². The smallest absolute Gasteiger partial charge is 0.144 e. The van der Waals surface area contributed by atoms with Crippen molar-refractivity contribution in [3.63, 3.8) is 0 Å². The van der Waals surface area contributed by atoms with Gasteiger partial charge in [0, 0.05) is 19.7 Å². The molecule has 2 rings (SSSR count). The Morgan fingerprint density at radius 3 is 3.06 bits per heavy atom. The molecule has 1 atom stereocenters. The molecule has 4 nitrogen and oxygen atoms in total. The van der Waals surface area contributed by atoms with E-state index in [4.69, 9.17) is 15.6 Å². The van der Waals surface area contributed by atoms with Crippen molar-refractivity contribution in [3.05, 3.63) is 18.2 Å². The van der Waals surface area contributed by atoms with Gasteiger partial charge >= 0.3 is 0 Å². The van der Waals surface area contributed by atoms with E-state index < -0.39 is 0 Å². The van der Waals surface area contributed by atoms with Gasteiger partial charge in [-0.05, 0) is 37.8 Å². The van der Waals surface area contributed by atoms with Gasteiger partial charge in [0.05, 0.1) is 18.0 Å². The molecule has 0 saturated carbocycles. The first kappa shape index (κ1) is 13.0. The highest BCUT2D eigenvalue weighted by Crippen LogP contribution is 2.35. The van der Waals surface area contributed by atoms with Crippen molar-refractivity contribution in [2.45, 2.75) is 19.8 Å². The predicted octanol–water partition coefficient (Wildman–Crippen LogP) is 1.88. The number of hydrogen-bond acceptors (Lipinski definition) is 4. The second kappa shape index (κ2) is 5.96. The molecule has 1 aromatic carbocycles. The average molecular weight is 250 g/mol. The molecular weight excluding hydrogens is 228 g/mol. The van der Waals surface area contributed by atoms with Crippen molar-refractivity contribution < 1.29 is 9.84 Å². The van der Waals surface area contributed by atoms with Crippen molar-refractivity contribution in [2.75, 3.05) is 36.9 Å². The number of para-hydroxylation sites is 1. The Morgan fingerprint density at radius 1 is 1.50 bits per heavy atom. The number of hydrogen-bond donors (Lipinski definition) is 2. The van der Waals surface area contributed by atoms with E-state index >= 15 is 0 Å². The summed E-state index contributed by atoms with van der Waals surface area (Å²) in [5, 5.41) is 8.99. The summed E-state index contributed by atoms with van der Waals surface area (Å²) < 4.78 is 5.52. The summed E-state index contributed by atoms with van der Waals surface area (Å²) in [4.78, 5) is 2.29. The fraction of sp³-hybridized carbons (Fsp3) is 0.571.